The lowest BCUT2D eigenvalue weighted by Crippen LogP contribution is -2.20. The maximum absolute atomic E-state index is 12.9. The van der Waals surface area contributed by atoms with Gasteiger partial charge in [-0.3, -0.25) is 9.59 Å². The summed E-state index contributed by atoms with van der Waals surface area (Å²) < 4.78 is 11.1. The molecule has 2 rings (SSSR count). The van der Waals surface area contributed by atoms with Gasteiger partial charge in [-0.1, -0.05) is 130 Å². The summed E-state index contributed by atoms with van der Waals surface area (Å²) in [6.45, 7) is 12.3. The maximum atomic E-state index is 12.9. The van der Waals surface area contributed by atoms with Crippen molar-refractivity contribution in [2.45, 2.75) is 195 Å². The lowest BCUT2D eigenvalue weighted by molar-refractivity contribution is 0.0270. The van der Waals surface area contributed by atoms with Gasteiger partial charge >= 0.3 is 23.9 Å². The van der Waals surface area contributed by atoms with Crippen molar-refractivity contribution < 1.29 is 48.5 Å². The van der Waals surface area contributed by atoms with Crippen LogP contribution in [0.1, 0.15) is 245 Å². The van der Waals surface area contributed by atoms with E-state index in [1.54, 1.807) is 24.3 Å². The largest absolute Gasteiger partial charge is 0.478 e. The van der Waals surface area contributed by atoms with Gasteiger partial charge in [0.05, 0.1) is 34.5 Å². The van der Waals surface area contributed by atoms with Crippen LogP contribution < -0.4 is 0 Å². The van der Waals surface area contributed by atoms with Crippen molar-refractivity contribution in [2.75, 3.05) is 0 Å². The topological polar surface area (TPSA) is 161 Å². The van der Waals surface area contributed by atoms with Gasteiger partial charge in [0.2, 0.25) is 0 Å². The number of esters is 2. The molecule has 324 valence electrons. The molecule has 0 saturated carbocycles. The smallest absolute Gasteiger partial charge is 0.339 e. The van der Waals surface area contributed by atoms with Gasteiger partial charge in [0.15, 0.2) is 11.6 Å². The Labute approximate surface area is 347 Å². The van der Waals surface area contributed by atoms with E-state index >= 15 is 0 Å². The molecule has 0 spiro atoms. The lowest BCUT2D eigenvalue weighted by Gasteiger charge is -2.16. The summed E-state index contributed by atoms with van der Waals surface area (Å²) in [7, 11) is 0. The van der Waals surface area contributed by atoms with Gasteiger partial charge in [0.25, 0.3) is 0 Å². The molecule has 10 nitrogen and oxygen atoms in total. The SMILES string of the molecule is CCCCCCC(C)OC(=O)c1ccccc1C(=O)OC(C)CCCCCC.CCCCCCCC(=O)c1ccc(C(=O)O)c(C(=O)O)c1C(=O)CCCCCCC. The molecule has 0 aliphatic carbocycles. The number of benzene rings is 2. The second-order valence-electron chi connectivity index (χ2n) is 15.4. The molecule has 0 aliphatic rings. The number of carbonyl (C=O) groups is 6. The van der Waals surface area contributed by atoms with Crippen molar-refractivity contribution in [1.82, 2.24) is 0 Å². The van der Waals surface area contributed by atoms with Crippen LogP contribution in [-0.2, 0) is 9.47 Å². The van der Waals surface area contributed by atoms with Crippen molar-refractivity contribution in [3.05, 3.63) is 69.8 Å². The molecule has 2 aromatic rings. The van der Waals surface area contributed by atoms with Crippen molar-refractivity contribution >= 4 is 35.4 Å². The van der Waals surface area contributed by atoms with Crippen LogP contribution in [0.3, 0.4) is 0 Å². The average Bonchev–Trinajstić information content (AvgIpc) is 3.20. The highest BCUT2D eigenvalue weighted by Gasteiger charge is 2.29. The summed E-state index contributed by atoms with van der Waals surface area (Å²) in [6, 6.07) is 9.17. The molecule has 0 aromatic heterocycles. The number of ketones is 2. The summed E-state index contributed by atoms with van der Waals surface area (Å²) in [5, 5.41) is 19.0. The van der Waals surface area contributed by atoms with Crippen LogP contribution in [0, 0.1) is 0 Å². The van der Waals surface area contributed by atoms with E-state index in [0.29, 0.717) is 12.8 Å². The summed E-state index contributed by atoms with van der Waals surface area (Å²) in [5.74, 6) is -4.61. The zero-order valence-electron chi connectivity index (χ0n) is 36.3. The number of hydrogen-bond donors (Lipinski definition) is 2. The monoisotopic (exact) mass is 809 g/mol. The van der Waals surface area contributed by atoms with Gasteiger partial charge in [-0.05, 0) is 76.6 Å². The first-order chi connectivity index (χ1) is 27.8. The van der Waals surface area contributed by atoms with E-state index in [0.717, 1.165) is 96.0 Å². The third-order valence-electron chi connectivity index (χ3n) is 10.2. The standard InChI is InChI=1S/C24H34O6.C24H38O4/c1-3-5-7-9-11-13-19(25)17-15-16-18(23(27)28)22(24(29)30)21(17)20(26)14-12-10-8-6-4-2;1-5-7-9-11-15-19(3)27-23(25)21-17-13-14-18-22(21)24(26)28-20(4)16-12-10-8-6-2/h15-16H,3-14H2,1-2H3,(H,27,28)(H,29,30);13-14,17-20H,5-12,15-16H2,1-4H3. The summed E-state index contributed by atoms with van der Waals surface area (Å²) in [5.41, 5.74) is -0.672. The second-order valence-corrected chi connectivity index (χ2v) is 15.4. The van der Waals surface area contributed by atoms with E-state index in [1.807, 2.05) is 13.8 Å². The first-order valence-electron chi connectivity index (χ1n) is 22.0. The number of hydrogen-bond acceptors (Lipinski definition) is 8. The Morgan fingerprint density at radius 1 is 0.448 bits per heavy atom. The van der Waals surface area contributed by atoms with Crippen LogP contribution >= 0.6 is 0 Å². The fourth-order valence-corrected chi connectivity index (χ4v) is 6.73. The number of ether oxygens (including phenoxy) is 2. The Morgan fingerprint density at radius 3 is 1.22 bits per heavy atom. The predicted octanol–water partition coefficient (Wildman–Crippen LogP) is 12.9. The van der Waals surface area contributed by atoms with Crippen LogP contribution in [0.5, 0.6) is 0 Å². The van der Waals surface area contributed by atoms with Crippen molar-refractivity contribution in [2.24, 2.45) is 0 Å². The maximum Gasteiger partial charge on any atom is 0.339 e. The fourth-order valence-electron chi connectivity index (χ4n) is 6.73. The number of rotatable bonds is 30. The molecule has 0 fully saturated rings. The number of Topliss-reactive ketones (excluding diaryl/α,β-unsaturated/α-hetero) is 2. The molecule has 2 aromatic carbocycles. The first-order valence-corrected chi connectivity index (χ1v) is 22.0. The molecule has 0 aliphatic heterocycles. The normalized spacial score (nSPS) is 11.8. The summed E-state index contributed by atoms with van der Waals surface area (Å²) in [6.07, 6.45) is 20.1. The predicted molar refractivity (Wildman–Crippen MR) is 229 cm³/mol. The number of aromatic carboxylic acids is 2. The van der Waals surface area contributed by atoms with Crippen LogP contribution in [0.2, 0.25) is 0 Å². The quantitative estimate of drug-likeness (QED) is 0.0441. The summed E-state index contributed by atoms with van der Waals surface area (Å²) >= 11 is 0. The molecule has 0 amide bonds. The van der Waals surface area contributed by atoms with Crippen LogP contribution in [0.4, 0.5) is 0 Å². The number of unbranched alkanes of at least 4 members (excludes halogenated alkanes) is 14. The Hall–Kier alpha value is -4.34. The Kier molecular flexibility index (Phi) is 27.4. The average molecular weight is 809 g/mol. The minimum atomic E-state index is -1.50. The first kappa shape index (κ1) is 51.7. The minimum absolute atomic E-state index is 0.0337. The Bertz CT molecular complexity index is 1510. The number of carbonyl (C=O) groups excluding carboxylic acids is 4. The van der Waals surface area contributed by atoms with Gasteiger partial charge in [-0.25, -0.2) is 19.2 Å². The van der Waals surface area contributed by atoms with E-state index in [4.69, 9.17) is 9.47 Å². The van der Waals surface area contributed by atoms with Crippen LogP contribution in [0.15, 0.2) is 36.4 Å². The lowest BCUT2D eigenvalue weighted by atomic mass is 9.88. The van der Waals surface area contributed by atoms with Crippen molar-refractivity contribution in [3.8, 4) is 0 Å². The van der Waals surface area contributed by atoms with Crippen molar-refractivity contribution in [1.29, 1.82) is 0 Å². The molecule has 0 saturated heterocycles. The van der Waals surface area contributed by atoms with Crippen LogP contribution in [0.25, 0.3) is 0 Å². The molecule has 0 heterocycles. The molecular formula is C48H72O10. The molecule has 0 radical (unpaired) electrons. The Morgan fingerprint density at radius 2 is 0.828 bits per heavy atom. The highest BCUT2D eigenvalue weighted by Crippen LogP contribution is 2.25. The highest BCUT2D eigenvalue weighted by molar-refractivity contribution is 6.17. The molecule has 10 heteroatoms. The molecular weight excluding hydrogens is 737 g/mol. The van der Waals surface area contributed by atoms with E-state index in [-0.39, 0.29) is 53.1 Å². The fraction of sp³-hybridized carbons (Fsp3) is 0.625. The molecule has 0 bridgehead atoms. The third-order valence-corrected chi connectivity index (χ3v) is 10.2. The van der Waals surface area contributed by atoms with Gasteiger partial charge in [0.1, 0.15) is 0 Å². The van der Waals surface area contributed by atoms with Crippen LogP contribution in [-0.4, -0.2) is 57.9 Å². The molecule has 58 heavy (non-hydrogen) atoms. The third kappa shape index (κ3) is 19.9. The van der Waals surface area contributed by atoms with Gasteiger partial charge in [0, 0.05) is 24.0 Å². The highest BCUT2D eigenvalue weighted by atomic mass is 16.5. The molecule has 2 unspecified atom stereocenters. The van der Waals surface area contributed by atoms with Gasteiger partial charge < -0.3 is 19.7 Å². The zero-order chi connectivity index (χ0) is 43.3. The van der Waals surface area contributed by atoms with Gasteiger partial charge in [-0.2, -0.15) is 0 Å². The van der Waals surface area contributed by atoms with E-state index in [2.05, 4.69) is 27.7 Å². The molecule has 2 N–H and O–H groups in total. The van der Waals surface area contributed by atoms with E-state index in [1.165, 1.54) is 31.7 Å². The zero-order valence-corrected chi connectivity index (χ0v) is 36.3. The summed E-state index contributed by atoms with van der Waals surface area (Å²) in [4.78, 5) is 74.2. The number of carboxylic acids is 2. The van der Waals surface area contributed by atoms with Crippen molar-refractivity contribution in [3.63, 3.8) is 0 Å². The Balaban J connectivity index is 0.000000581. The van der Waals surface area contributed by atoms with E-state index < -0.39 is 40.8 Å². The van der Waals surface area contributed by atoms with E-state index in [9.17, 15) is 39.0 Å². The molecule has 2 atom stereocenters. The number of carboxylic acid groups (broad SMARTS) is 2. The second kappa shape index (κ2) is 30.7. The van der Waals surface area contributed by atoms with Gasteiger partial charge in [-0.15, -0.1) is 0 Å². The minimum Gasteiger partial charge on any atom is -0.478 e.